The van der Waals surface area contributed by atoms with E-state index in [9.17, 15) is 18.4 Å². The number of anilines is 2. The first kappa shape index (κ1) is 23.9. The number of hydrogen-bond acceptors (Lipinski definition) is 7. The number of carbonyl (C=O) groups excluding carboxylic acids is 1. The second kappa shape index (κ2) is 9.82. The summed E-state index contributed by atoms with van der Waals surface area (Å²) in [7, 11) is 0. The maximum absolute atomic E-state index is 13.4. The molecular formula is C19H27ClF2N8O2. The van der Waals surface area contributed by atoms with Gasteiger partial charge in [0, 0.05) is 39.3 Å². The zero-order chi connectivity index (χ0) is 22.1. The molecule has 2 aromatic heterocycles. The van der Waals surface area contributed by atoms with E-state index in [-0.39, 0.29) is 54.7 Å². The second-order valence-corrected chi connectivity index (χ2v) is 7.72. The molecule has 32 heavy (non-hydrogen) atoms. The number of rotatable bonds is 5. The Bertz CT molecular complexity index is 1080. The predicted molar refractivity (Wildman–Crippen MR) is 119 cm³/mol. The first-order chi connectivity index (χ1) is 14.9. The molecule has 2 saturated heterocycles. The molecule has 2 aromatic rings. The zero-order valence-electron chi connectivity index (χ0n) is 17.8. The van der Waals surface area contributed by atoms with Crippen LogP contribution in [0.2, 0.25) is 0 Å². The smallest absolute Gasteiger partial charge is 0.299 e. The first-order valence-corrected chi connectivity index (χ1v) is 10.4. The van der Waals surface area contributed by atoms with Crippen molar-refractivity contribution in [1.82, 2.24) is 24.5 Å². The topological polar surface area (TPSA) is 114 Å². The molecule has 10 nitrogen and oxygen atoms in total. The molecule has 3 N–H and O–H groups in total. The van der Waals surface area contributed by atoms with Gasteiger partial charge in [-0.25, -0.2) is 0 Å². The van der Waals surface area contributed by atoms with Gasteiger partial charge in [-0.3, -0.25) is 9.59 Å². The molecule has 0 radical (unpaired) electrons. The molecule has 0 spiro atoms. The third kappa shape index (κ3) is 4.42. The molecule has 13 heteroatoms. The normalized spacial score (nSPS) is 16.9. The molecule has 2 aliphatic rings. The van der Waals surface area contributed by atoms with E-state index in [1.54, 1.807) is 9.47 Å². The summed E-state index contributed by atoms with van der Waals surface area (Å²) in [6, 6.07) is 0. The van der Waals surface area contributed by atoms with E-state index in [1.807, 2.05) is 11.8 Å². The third-order valence-electron chi connectivity index (χ3n) is 5.81. The molecule has 0 bridgehead atoms. The van der Waals surface area contributed by atoms with Crippen LogP contribution >= 0.6 is 12.4 Å². The van der Waals surface area contributed by atoms with E-state index >= 15 is 0 Å². The third-order valence-corrected chi connectivity index (χ3v) is 5.81. The summed E-state index contributed by atoms with van der Waals surface area (Å²) >= 11 is 0. The minimum Gasteiger partial charge on any atom is -0.368 e. The maximum atomic E-state index is 13.4. The highest BCUT2D eigenvalue weighted by atomic mass is 35.5. The highest BCUT2D eigenvalue weighted by Gasteiger charge is 2.27. The van der Waals surface area contributed by atoms with E-state index < -0.39 is 12.0 Å². The van der Waals surface area contributed by atoms with Crippen LogP contribution in [0.4, 0.5) is 20.4 Å². The maximum Gasteiger partial charge on any atom is 0.299 e. The predicted octanol–water partition coefficient (Wildman–Crippen LogP) is 0.521. The van der Waals surface area contributed by atoms with E-state index in [4.69, 9.17) is 5.73 Å². The standard InChI is InChI=1S/C19H26F2N8O2.ClH/c1-2-13-15(26-9-5-23-6-10-26)17(31)29-19(28(13)11-14(22)30)24-18(25-29)27-7-3-12(4-8-27)16(20)21;/h23H,2-11H2,1H3,(H2,22,30);1H. The minimum atomic E-state index is -1.63. The average Bonchev–Trinajstić information content (AvgIpc) is 3.22. The van der Waals surface area contributed by atoms with E-state index in [0.29, 0.717) is 44.0 Å². The SMILES string of the molecule is CCc1c(N2CCNCC2)c(=O)n2nc(N3CCC(=C(F)F)CC3)nc2n1CC(N)=O.Cl. The lowest BCUT2D eigenvalue weighted by molar-refractivity contribution is -0.118. The highest BCUT2D eigenvalue weighted by molar-refractivity contribution is 5.85. The molecule has 0 atom stereocenters. The molecule has 0 unspecified atom stereocenters. The van der Waals surface area contributed by atoms with Crippen molar-refractivity contribution in [3.63, 3.8) is 0 Å². The number of nitrogens with two attached hydrogens (primary N) is 1. The quantitative estimate of drug-likeness (QED) is 0.652. The number of halogens is 3. The van der Waals surface area contributed by atoms with Gasteiger partial charge < -0.3 is 25.4 Å². The van der Waals surface area contributed by atoms with Crippen molar-refractivity contribution in [2.75, 3.05) is 49.1 Å². The average molecular weight is 473 g/mol. The van der Waals surface area contributed by atoms with Crippen LogP contribution in [0.25, 0.3) is 5.78 Å². The lowest BCUT2D eigenvalue weighted by Gasteiger charge is -2.31. The van der Waals surface area contributed by atoms with Crippen molar-refractivity contribution in [2.45, 2.75) is 32.7 Å². The Morgan fingerprint density at radius 3 is 2.34 bits per heavy atom. The number of fused-ring (bicyclic) bond motifs is 1. The van der Waals surface area contributed by atoms with Crippen LogP contribution < -0.4 is 26.4 Å². The Balaban J connectivity index is 0.00000289. The van der Waals surface area contributed by atoms with Gasteiger partial charge in [-0.05, 0) is 24.8 Å². The van der Waals surface area contributed by atoms with Gasteiger partial charge in [-0.2, -0.15) is 18.3 Å². The summed E-state index contributed by atoms with van der Waals surface area (Å²) in [5, 5.41) is 7.67. The summed E-state index contributed by atoms with van der Waals surface area (Å²) < 4.78 is 28.6. The number of amides is 1. The van der Waals surface area contributed by atoms with E-state index in [2.05, 4.69) is 15.4 Å². The van der Waals surface area contributed by atoms with Crippen molar-refractivity contribution >= 4 is 35.7 Å². The number of piperidine rings is 1. The van der Waals surface area contributed by atoms with Crippen LogP contribution in [0.3, 0.4) is 0 Å². The summed E-state index contributed by atoms with van der Waals surface area (Å²) in [6.07, 6.45) is -0.684. The number of carbonyl (C=O) groups is 1. The Morgan fingerprint density at radius 2 is 1.78 bits per heavy atom. The van der Waals surface area contributed by atoms with Gasteiger partial charge in [0.1, 0.15) is 12.2 Å². The van der Waals surface area contributed by atoms with Crippen molar-refractivity contribution in [2.24, 2.45) is 5.73 Å². The number of aromatic nitrogens is 4. The number of nitrogens with one attached hydrogen (secondary N) is 1. The van der Waals surface area contributed by atoms with Gasteiger partial charge >= 0.3 is 0 Å². The molecule has 0 aliphatic carbocycles. The monoisotopic (exact) mass is 472 g/mol. The lowest BCUT2D eigenvalue weighted by atomic mass is 10.1. The molecule has 0 aromatic carbocycles. The lowest BCUT2D eigenvalue weighted by Crippen LogP contribution is -2.47. The summed E-state index contributed by atoms with van der Waals surface area (Å²) in [6.45, 7) is 5.24. The van der Waals surface area contributed by atoms with Gasteiger partial charge in [0.25, 0.3) is 11.6 Å². The minimum absolute atomic E-state index is 0. The first-order valence-electron chi connectivity index (χ1n) is 10.4. The van der Waals surface area contributed by atoms with Gasteiger partial charge in [0.05, 0.1) is 5.69 Å². The van der Waals surface area contributed by atoms with Gasteiger partial charge in [0.2, 0.25) is 17.6 Å². The van der Waals surface area contributed by atoms with Crippen molar-refractivity contribution in [3.8, 4) is 0 Å². The summed E-state index contributed by atoms with van der Waals surface area (Å²) in [5.41, 5.74) is 6.51. The Hall–Kier alpha value is -2.73. The molecule has 176 valence electrons. The van der Waals surface area contributed by atoms with Crippen LogP contribution in [0.1, 0.15) is 25.5 Å². The zero-order valence-corrected chi connectivity index (χ0v) is 18.6. The summed E-state index contributed by atoms with van der Waals surface area (Å²) in [4.78, 5) is 33.5. The number of primary amides is 1. The van der Waals surface area contributed by atoms with Gasteiger partial charge in [-0.15, -0.1) is 17.5 Å². The Morgan fingerprint density at radius 1 is 1.12 bits per heavy atom. The van der Waals surface area contributed by atoms with Crippen LogP contribution in [-0.2, 0) is 17.8 Å². The van der Waals surface area contributed by atoms with Crippen LogP contribution in [0.15, 0.2) is 16.4 Å². The largest absolute Gasteiger partial charge is 0.368 e. The molecule has 1 amide bonds. The molecule has 4 rings (SSSR count). The van der Waals surface area contributed by atoms with Crippen LogP contribution in [-0.4, -0.2) is 64.3 Å². The number of nitrogens with zero attached hydrogens (tertiary/aromatic N) is 6. The van der Waals surface area contributed by atoms with E-state index in [0.717, 1.165) is 13.1 Å². The van der Waals surface area contributed by atoms with Crippen molar-refractivity contribution < 1.29 is 13.6 Å². The second-order valence-electron chi connectivity index (χ2n) is 7.72. The van der Waals surface area contributed by atoms with Crippen molar-refractivity contribution in [3.05, 3.63) is 27.7 Å². The molecular weight excluding hydrogens is 446 g/mol. The fourth-order valence-electron chi connectivity index (χ4n) is 4.26. The van der Waals surface area contributed by atoms with Gasteiger partial charge in [-0.1, -0.05) is 6.92 Å². The fraction of sp³-hybridized carbons (Fsp3) is 0.579. The fourth-order valence-corrected chi connectivity index (χ4v) is 4.26. The van der Waals surface area contributed by atoms with Crippen LogP contribution in [0, 0.1) is 0 Å². The number of piperazine rings is 1. The van der Waals surface area contributed by atoms with Crippen molar-refractivity contribution in [1.29, 1.82) is 0 Å². The molecule has 2 fully saturated rings. The molecule has 0 saturated carbocycles. The van der Waals surface area contributed by atoms with E-state index in [1.165, 1.54) is 4.52 Å². The summed E-state index contributed by atoms with van der Waals surface area (Å²) in [5.74, 6) is -0.0390. The number of hydrogen-bond donors (Lipinski definition) is 2. The highest BCUT2D eigenvalue weighted by Crippen LogP contribution is 2.25. The molecule has 2 aliphatic heterocycles. The Kier molecular flexibility index (Phi) is 7.34. The van der Waals surface area contributed by atoms with Crippen LogP contribution in [0.5, 0.6) is 0 Å². The Labute approximate surface area is 189 Å². The van der Waals surface area contributed by atoms with Gasteiger partial charge in [0.15, 0.2) is 0 Å². The molecule has 4 heterocycles.